The number of furan rings is 1. The number of halogens is 1. The van der Waals surface area contributed by atoms with Gasteiger partial charge in [0.25, 0.3) is 11.8 Å². The van der Waals surface area contributed by atoms with Crippen LogP contribution in [0.15, 0.2) is 51.1 Å². The van der Waals surface area contributed by atoms with Gasteiger partial charge >= 0.3 is 6.03 Å². The summed E-state index contributed by atoms with van der Waals surface area (Å²) in [6.45, 7) is 0.0363. The van der Waals surface area contributed by atoms with Crippen LogP contribution in [0.2, 0.25) is 0 Å². The number of hydrogen-bond acceptors (Lipinski definition) is 5. The predicted octanol–water partition coefficient (Wildman–Crippen LogP) is 2.72. The Balaban J connectivity index is 1.86. The zero-order valence-electron chi connectivity index (χ0n) is 13.9. The first-order chi connectivity index (χ1) is 13.0. The molecule has 1 aromatic heterocycles. The summed E-state index contributed by atoms with van der Waals surface area (Å²) in [5.74, 6) is 1.85. The number of barbiturate groups is 1. The maximum atomic E-state index is 12.6. The number of imide groups is 2. The van der Waals surface area contributed by atoms with Crippen LogP contribution in [0, 0.1) is 12.3 Å². The molecule has 0 spiro atoms. The molecule has 0 aliphatic carbocycles. The number of benzene rings is 1. The van der Waals surface area contributed by atoms with E-state index in [1.807, 2.05) is 0 Å². The molecule has 27 heavy (non-hydrogen) atoms. The van der Waals surface area contributed by atoms with E-state index in [1.54, 1.807) is 30.3 Å². The molecule has 1 saturated heterocycles. The van der Waals surface area contributed by atoms with Gasteiger partial charge in [-0.15, -0.1) is 6.42 Å². The SMILES string of the molecule is C#CCOc1ccc(/C=C2\C(=O)NC(=O)N(Cc3ccco3)C2=O)cc1Br. The van der Waals surface area contributed by atoms with E-state index in [0.29, 0.717) is 21.5 Å². The largest absolute Gasteiger partial charge is 0.480 e. The number of nitrogens with one attached hydrogen (secondary N) is 1. The van der Waals surface area contributed by atoms with E-state index in [2.05, 4.69) is 27.2 Å². The normalized spacial score (nSPS) is 15.6. The van der Waals surface area contributed by atoms with Crippen molar-refractivity contribution in [3.8, 4) is 18.1 Å². The van der Waals surface area contributed by atoms with Crippen LogP contribution in [-0.2, 0) is 16.1 Å². The number of rotatable bonds is 5. The van der Waals surface area contributed by atoms with Crippen LogP contribution in [0.4, 0.5) is 4.79 Å². The molecule has 1 N–H and O–H groups in total. The molecule has 1 fully saturated rings. The fourth-order valence-electron chi connectivity index (χ4n) is 2.41. The van der Waals surface area contributed by atoms with E-state index in [0.717, 1.165) is 4.90 Å². The zero-order chi connectivity index (χ0) is 19.4. The van der Waals surface area contributed by atoms with Gasteiger partial charge in [-0.3, -0.25) is 19.8 Å². The molecule has 1 aliphatic heterocycles. The summed E-state index contributed by atoms with van der Waals surface area (Å²) in [5.41, 5.74) is 0.408. The molecule has 136 valence electrons. The number of hydrogen-bond donors (Lipinski definition) is 1. The molecular weight excluding hydrogens is 416 g/mol. The molecule has 0 atom stereocenters. The fraction of sp³-hybridized carbons (Fsp3) is 0.105. The van der Waals surface area contributed by atoms with Crippen molar-refractivity contribution in [3.05, 3.63) is 58.0 Å². The Morgan fingerprint density at radius 3 is 2.78 bits per heavy atom. The third kappa shape index (κ3) is 4.10. The van der Waals surface area contributed by atoms with Crippen LogP contribution in [0.1, 0.15) is 11.3 Å². The van der Waals surface area contributed by atoms with Crippen LogP contribution < -0.4 is 10.1 Å². The summed E-state index contributed by atoms with van der Waals surface area (Å²) >= 11 is 3.35. The van der Waals surface area contributed by atoms with Gasteiger partial charge in [0.15, 0.2) is 0 Å². The highest BCUT2D eigenvalue weighted by Crippen LogP contribution is 2.27. The van der Waals surface area contributed by atoms with Gasteiger partial charge in [0.2, 0.25) is 0 Å². The van der Waals surface area contributed by atoms with Gasteiger partial charge in [0.1, 0.15) is 23.7 Å². The van der Waals surface area contributed by atoms with Crippen molar-refractivity contribution in [1.82, 2.24) is 10.2 Å². The number of ether oxygens (including phenoxy) is 1. The van der Waals surface area contributed by atoms with E-state index in [1.165, 1.54) is 12.3 Å². The first-order valence-corrected chi connectivity index (χ1v) is 8.56. The third-order valence-electron chi connectivity index (χ3n) is 3.66. The lowest BCUT2D eigenvalue weighted by Crippen LogP contribution is -2.53. The predicted molar refractivity (Wildman–Crippen MR) is 99.2 cm³/mol. The van der Waals surface area contributed by atoms with E-state index < -0.39 is 17.8 Å². The highest BCUT2D eigenvalue weighted by Gasteiger charge is 2.36. The Morgan fingerprint density at radius 1 is 1.30 bits per heavy atom. The highest BCUT2D eigenvalue weighted by atomic mass is 79.9. The molecule has 2 heterocycles. The van der Waals surface area contributed by atoms with Crippen molar-refractivity contribution < 1.29 is 23.5 Å². The number of carbonyl (C=O) groups is 3. The molecule has 3 rings (SSSR count). The second-order valence-corrected chi connectivity index (χ2v) is 6.32. The van der Waals surface area contributed by atoms with Gasteiger partial charge in [0.05, 0.1) is 17.3 Å². The third-order valence-corrected chi connectivity index (χ3v) is 4.28. The van der Waals surface area contributed by atoms with E-state index >= 15 is 0 Å². The Morgan fingerprint density at radius 2 is 2.11 bits per heavy atom. The Kier molecular flexibility index (Phi) is 5.43. The van der Waals surface area contributed by atoms with Crippen molar-refractivity contribution in [1.29, 1.82) is 0 Å². The quantitative estimate of drug-likeness (QED) is 0.449. The smallest absolute Gasteiger partial charge is 0.331 e. The van der Waals surface area contributed by atoms with Crippen molar-refractivity contribution in [2.75, 3.05) is 6.61 Å². The second-order valence-electron chi connectivity index (χ2n) is 5.47. The molecular formula is C19H13BrN2O5. The van der Waals surface area contributed by atoms with Crippen LogP contribution >= 0.6 is 15.9 Å². The van der Waals surface area contributed by atoms with Gasteiger partial charge in [-0.1, -0.05) is 12.0 Å². The Bertz CT molecular complexity index is 972. The molecule has 1 aliphatic rings. The summed E-state index contributed by atoms with van der Waals surface area (Å²) in [5, 5.41) is 2.16. The summed E-state index contributed by atoms with van der Waals surface area (Å²) < 4.78 is 11.1. The maximum Gasteiger partial charge on any atom is 0.331 e. The van der Waals surface area contributed by atoms with Crippen molar-refractivity contribution in [3.63, 3.8) is 0 Å². The molecule has 0 radical (unpaired) electrons. The summed E-state index contributed by atoms with van der Waals surface area (Å²) in [4.78, 5) is 37.7. The summed E-state index contributed by atoms with van der Waals surface area (Å²) in [6, 6.07) is 7.48. The minimum Gasteiger partial charge on any atom is -0.480 e. The molecule has 0 saturated carbocycles. The summed E-state index contributed by atoms with van der Waals surface area (Å²) in [6.07, 6.45) is 8.00. The lowest BCUT2D eigenvalue weighted by molar-refractivity contribution is -0.130. The fourth-order valence-corrected chi connectivity index (χ4v) is 2.92. The molecule has 2 aromatic rings. The number of carbonyl (C=O) groups excluding carboxylic acids is 3. The monoisotopic (exact) mass is 428 g/mol. The number of urea groups is 1. The van der Waals surface area contributed by atoms with E-state index in [9.17, 15) is 14.4 Å². The van der Waals surface area contributed by atoms with Crippen molar-refractivity contribution >= 4 is 39.9 Å². The van der Waals surface area contributed by atoms with Gasteiger partial charge in [-0.05, 0) is 51.8 Å². The minimum atomic E-state index is -0.794. The number of terminal acetylenes is 1. The van der Waals surface area contributed by atoms with Crippen LogP contribution in [0.25, 0.3) is 6.08 Å². The minimum absolute atomic E-state index is 0.0785. The standard InChI is InChI=1S/C19H13BrN2O5/c1-2-7-27-16-6-5-12(10-15(16)20)9-14-17(23)21-19(25)22(18(14)24)11-13-4-3-8-26-13/h1,3-6,8-10H,7,11H2,(H,21,23,25)/b14-9+. The van der Waals surface area contributed by atoms with Crippen LogP contribution in [-0.4, -0.2) is 29.4 Å². The lowest BCUT2D eigenvalue weighted by atomic mass is 10.1. The highest BCUT2D eigenvalue weighted by molar-refractivity contribution is 9.10. The second kappa shape index (κ2) is 7.93. The summed E-state index contributed by atoms with van der Waals surface area (Å²) in [7, 11) is 0. The molecule has 7 nitrogen and oxygen atoms in total. The first kappa shape index (κ1) is 18.5. The molecule has 0 unspecified atom stereocenters. The van der Waals surface area contributed by atoms with Crippen LogP contribution in [0.5, 0.6) is 5.75 Å². The average Bonchev–Trinajstić information content (AvgIpc) is 3.15. The Labute approximate surface area is 163 Å². The van der Waals surface area contributed by atoms with Crippen LogP contribution in [0.3, 0.4) is 0 Å². The van der Waals surface area contributed by atoms with Gasteiger partial charge in [-0.25, -0.2) is 4.79 Å². The van der Waals surface area contributed by atoms with Crippen molar-refractivity contribution in [2.24, 2.45) is 0 Å². The first-order valence-electron chi connectivity index (χ1n) is 7.76. The van der Waals surface area contributed by atoms with Gasteiger partial charge in [-0.2, -0.15) is 0 Å². The zero-order valence-corrected chi connectivity index (χ0v) is 15.5. The topological polar surface area (TPSA) is 88.8 Å². The lowest BCUT2D eigenvalue weighted by Gasteiger charge is -2.25. The van der Waals surface area contributed by atoms with Gasteiger partial charge in [0, 0.05) is 0 Å². The number of nitrogens with zero attached hydrogens (tertiary/aromatic N) is 1. The molecule has 0 bridgehead atoms. The van der Waals surface area contributed by atoms with Crippen molar-refractivity contribution in [2.45, 2.75) is 6.54 Å². The van der Waals surface area contributed by atoms with Gasteiger partial charge < -0.3 is 9.15 Å². The molecule has 8 heteroatoms. The maximum absolute atomic E-state index is 12.6. The molecule has 4 amide bonds. The average molecular weight is 429 g/mol. The Hall–Kier alpha value is -3.31. The van der Waals surface area contributed by atoms with E-state index in [-0.39, 0.29) is 18.7 Å². The number of amides is 4. The van der Waals surface area contributed by atoms with E-state index in [4.69, 9.17) is 15.6 Å². The molecule has 1 aromatic carbocycles.